The highest BCUT2D eigenvalue weighted by Crippen LogP contribution is 2.22. The van der Waals surface area contributed by atoms with Crippen molar-refractivity contribution in [3.05, 3.63) is 39.9 Å². The van der Waals surface area contributed by atoms with Gasteiger partial charge in [0.2, 0.25) is 5.91 Å². The third kappa shape index (κ3) is 3.99. The van der Waals surface area contributed by atoms with Crippen molar-refractivity contribution in [2.45, 2.75) is 6.42 Å². The normalized spacial score (nSPS) is 18.2. The van der Waals surface area contributed by atoms with E-state index in [0.29, 0.717) is 29.6 Å². The lowest BCUT2D eigenvalue weighted by Crippen LogP contribution is -2.28. The molecule has 1 unspecified atom stereocenters. The predicted molar refractivity (Wildman–Crippen MR) is 82.2 cm³/mol. The molecule has 0 aliphatic carbocycles. The van der Waals surface area contributed by atoms with Crippen molar-refractivity contribution in [3.63, 3.8) is 0 Å². The summed E-state index contributed by atoms with van der Waals surface area (Å²) in [7, 11) is 1.36. The van der Waals surface area contributed by atoms with Crippen molar-refractivity contribution in [2.75, 3.05) is 20.2 Å². The Hall–Kier alpha value is -1.52. The summed E-state index contributed by atoms with van der Waals surface area (Å²) in [6, 6.07) is 5.08. The van der Waals surface area contributed by atoms with Crippen LogP contribution in [-0.4, -0.2) is 37.0 Å². The number of hydrogen-bond acceptors (Lipinski definition) is 3. The average Bonchev–Trinajstić information content (AvgIpc) is 2.95. The molecule has 0 spiro atoms. The molecule has 1 fully saturated rings. The standard InChI is InChI=1S/C15H15Cl2NO3/c1-21-15(20)11-6-7-18(9-11)14(19)5-3-10-2-4-12(16)8-13(10)17/h2-5,8,11H,6-7,9H2,1H3/b5-3+. The van der Waals surface area contributed by atoms with Gasteiger partial charge in [-0.05, 0) is 30.2 Å². The van der Waals surface area contributed by atoms with Gasteiger partial charge in [-0.1, -0.05) is 29.3 Å². The summed E-state index contributed by atoms with van der Waals surface area (Å²) in [6.45, 7) is 0.946. The lowest BCUT2D eigenvalue weighted by molar-refractivity contribution is -0.145. The van der Waals surface area contributed by atoms with E-state index in [-0.39, 0.29) is 17.8 Å². The van der Waals surface area contributed by atoms with Crippen molar-refractivity contribution >= 4 is 41.2 Å². The number of carbonyl (C=O) groups excluding carboxylic acids is 2. The van der Waals surface area contributed by atoms with Gasteiger partial charge in [0.05, 0.1) is 13.0 Å². The molecule has 1 atom stereocenters. The predicted octanol–water partition coefficient (Wildman–Crippen LogP) is 3.03. The SMILES string of the molecule is COC(=O)C1CCN(C(=O)/C=C/c2ccc(Cl)cc2Cl)C1. The molecule has 1 amide bonds. The Kier molecular flexibility index (Phi) is 5.26. The Bertz CT molecular complexity index is 586. The van der Waals surface area contributed by atoms with Crippen LogP contribution < -0.4 is 0 Å². The van der Waals surface area contributed by atoms with Crippen molar-refractivity contribution in [2.24, 2.45) is 5.92 Å². The van der Waals surface area contributed by atoms with E-state index in [4.69, 9.17) is 27.9 Å². The molecular formula is C15H15Cl2NO3. The largest absolute Gasteiger partial charge is 0.469 e. The van der Waals surface area contributed by atoms with Crippen LogP contribution in [-0.2, 0) is 14.3 Å². The molecule has 0 aromatic heterocycles. The van der Waals surface area contributed by atoms with Crippen LogP contribution in [0.1, 0.15) is 12.0 Å². The van der Waals surface area contributed by atoms with Gasteiger partial charge in [-0.25, -0.2) is 0 Å². The fraction of sp³-hybridized carbons (Fsp3) is 0.333. The second-order valence-electron chi connectivity index (χ2n) is 4.79. The zero-order valence-electron chi connectivity index (χ0n) is 11.5. The maximum Gasteiger partial charge on any atom is 0.310 e. The Balaban J connectivity index is 1.99. The highest BCUT2D eigenvalue weighted by molar-refractivity contribution is 6.35. The van der Waals surface area contributed by atoms with E-state index in [1.54, 1.807) is 29.2 Å². The molecule has 1 saturated heterocycles. The minimum absolute atomic E-state index is 0.146. The number of carbonyl (C=O) groups is 2. The smallest absolute Gasteiger partial charge is 0.310 e. The summed E-state index contributed by atoms with van der Waals surface area (Å²) in [4.78, 5) is 25.1. The number of benzene rings is 1. The summed E-state index contributed by atoms with van der Waals surface area (Å²) >= 11 is 11.8. The number of likely N-dealkylation sites (tertiary alicyclic amines) is 1. The van der Waals surface area contributed by atoms with Gasteiger partial charge in [-0.15, -0.1) is 0 Å². The average molecular weight is 328 g/mol. The molecule has 0 N–H and O–H groups in total. The third-order valence-corrected chi connectivity index (χ3v) is 3.96. The van der Waals surface area contributed by atoms with Crippen molar-refractivity contribution in [3.8, 4) is 0 Å². The molecule has 21 heavy (non-hydrogen) atoms. The van der Waals surface area contributed by atoms with Crippen LogP contribution in [0.5, 0.6) is 0 Å². The van der Waals surface area contributed by atoms with Gasteiger partial charge in [0.15, 0.2) is 0 Å². The van der Waals surface area contributed by atoms with Crippen LogP contribution >= 0.6 is 23.2 Å². The van der Waals surface area contributed by atoms with Crippen molar-refractivity contribution in [1.29, 1.82) is 0 Å². The summed E-state index contributed by atoms with van der Waals surface area (Å²) in [5.74, 6) is -0.645. The molecule has 1 aliphatic rings. The molecule has 2 rings (SSSR count). The van der Waals surface area contributed by atoms with E-state index in [2.05, 4.69) is 0 Å². The van der Waals surface area contributed by atoms with Crippen LogP contribution in [0.25, 0.3) is 6.08 Å². The zero-order chi connectivity index (χ0) is 15.4. The molecule has 4 nitrogen and oxygen atoms in total. The van der Waals surface area contributed by atoms with Crippen LogP contribution in [0.2, 0.25) is 10.0 Å². The van der Waals surface area contributed by atoms with Gasteiger partial charge in [-0.2, -0.15) is 0 Å². The van der Waals surface area contributed by atoms with Gasteiger partial charge < -0.3 is 9.64 Å². The van der Waals surface area contributed by atoms with Crippen LogP contribution in [0.3, 0.4) is 0 Å². The molecule has 112 valence electrons. The van der Waals surface area contributed by atoms with Gasteiger partial charge in [0, 0.05) is 29.2 Å². The first-order valence-corrected chi connectivity index (χ1v) is 7.26. The van der Waals surface area contributed by atoms with Crippen molar-refractivity contribution in [1.82, 2.24) is 4.90 Å². The van der Waals surface area contributed by atoms with Crippen LogP contribution in [0.4, 0.5) is 0 Å². The van der Waals surface area contributed by atoms with Gasteiger partial charge in [0.25, 0.3) is 0 Å². The van der Waals surface area contributed by atoms with E-state index in [9.17, 15) is 9.59 Å². The molecule has 1 aromatic carbocycles. The Morgan fingerprint density at radius 2 is 2.14 bits per heavy atom. The topological polar surface area (TPSA) is 46.6 Å². The summed E-state index contributed by atoms with van der Waals surface area (Å²) in [5, 5.41) is 1.03. The monoisotopic (exact) mass is 327 g/mol. The first kappa shape index (κ1) is 15.9. The minimum atomic E-state index is -0.268. The molecule has 1 heterocycles. The van der Waals surface area contributed by atoms with Gasteiger partial charge in [0.1, 0.15) is 0 Å². The molecule has 0 bridgehead atoms. The second kappa shape index (κ2) is 6.96. The molecule has 1 aliphatic heterocycles. The number of esters is 1. The molecule has 1 aromatic rings. The van der Waals surface area contributed by atoms with E-state index < -0.39 is 0 Å². The first-order chi connectivity index (χ1) is 10.0. The summed E-state index contributed by atoms with van der Waals surface area (Å²) in [5.41, 5.74) is 0.720. The number of methoxy groups -OCH3 is 1. The van der Waals surface area contributed by atoms with E-state index in [1.165, 1.54) is 13.2 Å². The van der Waals surface area contributed by atoms with E-state index in [1.807, 2.05) is 0 Å². The number of ether oxygens (including phenoxy) is 1. The van der Waals surface area contributed by atoms with Gasteiger partial charge in [-0.3, -0.25) is 9.59 Å². The Labute approximate surface area is 133 Å². The lowest BCUT2D eigenvalue weighted by Gasteiger charge is -2.13. The summed E-state index contributed by atoms with van der Waals surface area (Å²) in [6.07, 6.45) is 3.73. The van der Waals surface area contributed by atoms with Crippen molar-refractivity contribution < 1.29 is 14.3 Å². The number of rotatable bonds is 3. The molecular weight excluding hydrogens is 313 g/mol. The number of halogens is 2. The highest BCUT2D eigenvalue weighted by Gasteiger charge is 2.30. The van der Waals surface area contributed by atoms with Gasteiger partial charge >= 0.3 is 5.97 Å². The maximum atomic E-state index is 12.1. The maximum absolute atomic E-state index is 12.1. The first-order valence-electron chi connectivity index (χ1n) is 6.51. The third-order valence-electron chi connectivity index (χ3n) is 3.40. The Morgan fingerprint density at radius 3 is 2.81 bits per heavy atom. The van der Waals surface area contributed by atoms with Crippen LogP contribution in [0.15, 0.2) is 24.3 Å². The molecule has 6 heteroatoms. The summed E-state index contributed by atoms with van der Waals surface area (Å²) < 4.78 is 4.69. The number of amides is 1. The molecule has 0 radical (unpaired) electrons. The van der Waals surface area contributed by atoms with Crippen LogP contribution in [0, 0.1) is 5.92 Å². The number of hydrogen-bond donors (Lipinski definition) is 0. The quantitative estimate of drug-likeness (QED) is 0.633. The second-order valence-corrected chi connectivity index (χ2v) is 5.64. The van der Waals surface area contributed by atoms with E-state index in [0.717, 1.165) is 5.56 Å². The zero-order valence-corrected chi connectivity index (χ0v) is 13.0. The fourth-order valence-corrected chi connectivity index (χ4v) is 2.69. The fourth-order valence-electron chi connectivity index (χ4n) is 2.22. The van der Waals surface area contributed by atoms with E-state index >= 15 is 0 Å². The molecule has 0 saturated carbocycles. The highest BCUT2D eigenvalue weighted by atomic mass is 35.5. The lowest BCUT2D eigenvalue weighted by atomic mass is 10.1. The minimum Gasteiger partial charge on any atom is -0.469 e. The number of nitrogens with zero attached hydrogens (tertiary/aromatic N) is 1. The Morgan fingerprint density at radius 1 is 1.38 bits per heavy atom.